The standard InChI is InChI=1S/C24H33N3O5/c1-16(2)27(3)15-18-10-8-7-9-17(18)13-25-22(28)14-26-24(29)19-11-20(30-4)23(32-6)21(12-19)31-5/h7-12,16H,13-15H2,1-6H3,(H,25,28)(H,26,29). The number of nitrogens with zero attached hydrogens (tertiary/aromatic N) is 1. The average molecular weight is 444 g/mol. The summed E-state index contributed by atoms with van der Waals surface area (Å²) >= 11 is 0. The lowest BCUT2D eigenvalue weighted by atomic mass is 10.1. The minimum atomic E-state index is -0.418. The van der Waals surface area contributed by atoms with Gasteiger partial charge in [0.25, 0.3) is 5.91 Å². The molecule has 0 atom stereocenters. The molecule has 0 aliphatic carbocycles. The van der Waals surface area contributed by atoms with E-state index in [1.165, 1.54) is 33.5 Å². The third kappa shape index (κ3) is 6.62. The number of carbonyl (C=O) groups is 2. The van der Waals surface area contributed by atoms with Crippen molar-refractivity contribution in [3.8, 4) is 17.2 Å². The fraction of sp³-hybridized carbons (Fsp3) is 0.417. The summed E-state index contributed by atoms with van der Waals surface area (Å²) in [6.45, 7) is 5.31. The summed E-state index contributed by atoms with van der Waals surface area (Å²) in [6, 6.07) is 11.5. The van der Waals surface area contributed by atoms with Crippen molar-refractivity contribution in [2.24, 2.45) is 0 Å². The van der Waals surface area contributed by atoms with Crippen LogP contribution in [-0.4, -0.2) is 57.7 Å². The molecule has 8 heteroatoms. The van der Waals surface area contributed by atoms with Crippen molar-refractivity contribution in [1.82, 2.24) is 15.5 Å². The van der Waals surface area contributed by atoms with Gasteiger partial charge in [-0.2, -0.15) is 0 Å². The zero-order valence-corrected chi connectivity index (χ0v) is 19.7. The Kier molecular flexibility index (Phi) is 9.34. The van der Waals surface area contributed by atoms with Gasteiger partial charge in [-0.25, -0.2) is 0 Å². The third-order valence-electron chi connectivity index (χ3n) is 5.23. The third-order valence-corrected chi connectivity index (χ3v) is 5.23. The highest BCUT2D eigenvalue weighted by Crippen LogP contribution is 2.38. The molecule has 2 aromatic rings. The van der Waals surface area contributed by atoms with Crippen LogP contribution in [0.2, 0.25) is 0 Å². The van der Waals surface area contributed by atoms with Gasteiger partial charge in [0.2, 0.25) is 11.7 Å². The normalized spacial score (nSPS) is 10.8. The molecule has 0 unspecified atom stereocenters. The SMILES string of the molecule is COc1cc(C(=O)NCC(=O)NCc2ccccc2CN(C)C(C)C)cc(OC)c1OC. The van der Waals surface area contributed by atoms with E-state index in [4.69, 9.17) is 14.2 Å². The molecule has 0 bridgehead atoms. The Bertz CT molecular complexity index is 905. The van der Waals surface area contributed by atoms with Crippen LogP contribution in [0.5, 0.6) is 17.2 Å². The monoisotopic (exact) mass is 443 g/mol. The minimum absolute atomic E-state index is 0.149. The first-order valence-corrected chi connectivity index (χ1v) is 10.4. The highest BCUT2D eigenvalue weighted by molar-refractivity contribution is 5.97. The molecule has 0 spiro atoms. The van der Waals surface area contributed by atoms with Gasteiger partial charge in [-0.3, -0.25) is 14.5 Å². The predicted molar refractivity (Wildman–Crippen MR) is 123 cm³/mol. The van der Waals surface area contributed by atoms with Crippen LogP contribution in [0.1, 0.15) is 35.3 Å². The molecule has 2 rings (SSSR count). The molecule has 0 saturated heterocycles. The maximum absolute atomic E-state index is 12.5. The second-order valence-electron chi connectivity index (χ2n) is 7.65. The predicted octanol–water partition coefficient (Wildman–Crippen LogP) is 2.60. The van der Waals surface area contributed by atoms with Crippen LogP contribution >= 0.6 is 0 Å². The Labute approximate surface area is 189 Å². The molecule has 0 heterocycles. The summed E-state index contributed by atoms with van der Waals surface area (Å²) in [7, 11) is 6.51. The highest BCUT2D eigenvalue weighted by atomic mass is 16.5. The van der Waals surface area contributed by atoms with Gasteiger partial charge in [-0.1, -0.05) is 24.3 Å². The number of amides is 2. The molecule has 174 valence electrons. The van der Waals surface area contributed by atoms with Crippen LogP contribution in [-0.2, 0) is 17.9 Å². The summed E-state index contributed by atoms with van der Waals surface area (Å²) in [6.07, 6.45) is 0. The van der Waals surface area contributed by atoms with Crippen molar-refractivity contribution >= 4 is 11.8 Å². The van der Waals surface area contributed by atoms with E-state index in [1.54, 1.807) is 0 Å². The van der Waals surface area contributed by atoms with Crippen LogP contribution in [0, 0.1) is 0 Å². The quantitative estimate of drug-likeness (QED) is 0.555. The molecule has 32 heavy (non-hydrogen) atoms. The largest absolute Gasteiger partial charge is 0.493 e. The number of carbonyl (C=O) groups excluding carboxylic acids is 2. The lowest BCUT2D eigenvalue weighted by Crippen LogP contribution is -2.37. The molecule has 0 aliphatic rings. The molecule has 0 aliphatic heterocycles. The second-order valence-corrected chi connectivity index (χ2v) is 7.65. The van der Waals surface area contributed by atoms with E-state index >= 15 is 0 Å². The lowest BCUT2D eigenvalue weighted by Gasteiger charge is -2.22. The molecular formula is C24H33N3O5. The van der Waals surface area contributed by atoms with Crippen LogP contribution in [0.15, 0.2) is 36.4 Å². The van der Waals surface area contributed by atoms with E-state index in [9.17, 15) is 9.59 Å². The molecule has 2 amide bonds. The van der Waals surface area contributed by atoms with Crippen molar-refractivity contribution in [3.63, 3.8) is 0 Å². The Hall–Kier alpha value is -3.26. The first-order chi connectivity index (χ1) is 15.3. The summed E-state index contributed by atoms with van der Waals surface area (Å²) in [5.74, 6) is 0.427. The molecular weight excluding hydrogens is 410 g/mol. The number of ether oxygens (including phenoxy) is 3. The van der Waals surface area contributed by atoms with Gasteiger partial charge in [0.1, 0.15) is 0 Å². The van der Waals surface area contributed by atoms with Gasteiger partial charge in [0.15, 0.2) is 11.5 Å². The van der Waals surface area contributed by atoms with Crippen molar-refractivity contribution < 1.29 is 23.8 Å². The summed E-state index contributed by atoms with van der Waals surface area (Å²) < 4.78 is 15.8. The topological polar surface area (TPSA) is 89.1 Å². The number of nitrogens with one attached hydrogen (secondary N) is 2. The van der Waals surface area contributed by atoms with E-state index in [-0.39, 0.29) is 12.5 Å². The van der Waals surface area contributed by atoms with E-state index in [0.29, 0.717) is 35.4 Å². The number of methoxy groups -OCH3 is 3. The summed E-state index contributed by atoms with van der Waals surface area (Å²) in [5.41, 5.74) is 2.50. The maximum atomic E-state index is 12.5. The summed E-state index contributed by atoms with van der Waals surface area (Å²) in [5, 5.41) is 5.50. The Morgan fingerprint density at radius 1 is 0.938 bits per heavy atom. The maximum Gasteiger partial charge on any atom is 0.251 e. The van der Waals surface area contributed by atoms with Gasteiger partial charge >= 0.3 is 0 Å². The molecule has 0 aromatic heterocycles. The number of hydrogen-bond acceptors (Lipinski definition) is 6. The van der Waals surface area contributed by atoms with E-state index in [2.05, 4.69) is 42.5 Å². The Morgan fingerprint density at radius 2 is 1.53 bits per heavy atom. The molecule has 0 fully saturated rings. The van der Waals surface area contributed by atoms with Crippen LogP contribution in [0.25, 0.3) is 0 Å². The highest BCUT2D eigenvalue weighted by Gasteiger charge is 2.17. The molecule has 0 radical (unpaired) electrons. The fourth-order valence-electron chi connectivity index (χ4n) is 3.07. The first-order valence-electron chi connectivity index (χ1n) is 10.4. The number of rotatable bonds is 11. The first kappa shape index (κ1) is 25.0. The minimum Gasteiger partial charge on any atom is -0.493 e. The molecule has 2 N–H and O–H groups in total. The van der Waals surface area contributed by atoms with Gasteiger partial charge in [-0.05, 0) is 44.2 Å². The smallest absolute Gasteiger partial charge is 0.251 e. The number of benzene rings is 2. The zero-order valence-electron chi connectivity index (χ0n) is 19.7. The van der Waals surface area contributed by atoms with E-state index in [0.717, 1.165) is 17.7 Å². The molecule has 8 nitrogen and oxygen atoms in total. The van der Waals surface area contributed by atoms with Gasteiger partial charge in [0, 0.05) is 24.7 Å². The fourth-order valence-corrected chi connectivity index (χ4v) is 3.07. The molecule has 0 saturated carbocycles. The van der Waals surface area contributed by atoms with Gasteiger partial charge in [0.05, 0.1) is 27.9 Å². The Balaban J connectivity index is 1.96. The summed E-state index contributed by atoms with van der Waals surface area (Å²) in [4.78, 5) is 27.1. The lowest BCUT2D eigenvalue weighted by molar-refractivity contribution is -0.120. The second kappa shape index (κ2) is 12.0. The van der Waals surface area contributed by atoms with Crippen LogP contribution in [0.4, 0.5) is 0 Å². The number of hydrogen-bond donors (Lipinski definition) is 2. The van der Waals surface area contributed by atoms with E-state index < -0.39 is 5.91 Å². The zero-order chi connectivity index (χ0) is 23.7. The van der Waals surface area contributed by atoms with E-state index in [1.807, 2.05) is 18.2 Å². The Morgan fingerprint density at radius 3 is 2.06 bits per heavy atom. The molecule has 2 aromatic carbocycles. The van der Waals surface area contributed by atoms with Crippen molar-refractivity contribution in [2.45, 2.75) is 33.0 Å². The van der Waals surface area contributed by atoms with Gasteiger partial charge < -0.3 is 24.8 Å². The van der Waals surface area contributed by atoms with Crippen molar-refractivity contribution in [2.75, 3.05) is 34.9 Å². The van der Waals surface area contributed by atoms with Crippen LogP contribution in [0.3, 0.4) is 0 Å². The average Bonchev–Trinajstić information content (AvgIpc) is 2.80. The van der Waals surface area contributed by atoms with Crippen molar-refractivity contribution in [1.29, 1.82) is 0 Å². The van der Waals surface area contributed by atoms with Crippen molar-refractivity contribution in [3.05, 3.63) is 53.1 Å². The van der Waals surface area contributed by atoms with Gasteiger partial charge in [-0.15, -0.1) is 0 Å². The van der Waals surface area contributed by atoms with Crippen LogP contribution < -0.4 is 24.8 Å².